The number of rotatable bonds is 5. The van der Waals surface area contributed by atoms with Gasteiger partial charge >= 0.3 is 0 Å². The van der Waals surface area contributed by atoms with E-state index in [9.17, 15) is 4.39 Å². The van der Waals surface area contributed by atoms with Gasteiger partial charge in [0.15, 0.2) is 0 Å². The lowest BCUT2D eigenvalue weighted by Gasteiger charge is -2.05. The highest BCUT2D eigenvalue weighted by Crippen LogP contribution is 2.09. The molecule has 0 aliphatic heterocycles. The Bertz CT molecular complexity index is 496. The molecule has 0 bridgehead atoms. The Hall–Kier alpha value is -1.38. The van der Waals surface area contributed by atoms with E-state index in [1.165, 1.54) is 11.6 Å². The molecule has 1 nitrogen and oxygen atoms in total. The lowest BCUT2D eigenvalue weighted by atomic mass is 10.1. The molecule has 0 aliphatic carbocycles. The van der Waals surface area contributed by atoms with Gasteiger partial charge in [-0.25, -0.2) is 4.39 Å². The Kier molecular flexibility index (Phi) is 4.73. The lowest BCUT2D eigenvalue weighted by Crippen LogP contribution is -2.16. The maximum absolute atomic E-state index is 12.9. The van der Waals surface area contributed by atoms with Crippen LogP contribution in [0.3, 0.4) is 0 Å². The highest BCUT2D eigenvalue weighted by Gasteiger charge is 1.96. The van der Waals surface area contributed by atoms with E-state index in [-0.39, 0.29) is 5.82 Å². The molecule has 3 heteroatoms. The second-order valence-corrected chi connectivity index (χ2v) is 4.62. The first kappa shape index (κ1) is 13.1. The van der Waals surface area contributed by atoms with Crippen LogP contribution in [0.25, 0.3) is 0 Å². The van der Waals surface area contributed by atoms with Crippen LogP contribution in [0.4, 0.5) is 4.39 Å². The first-order valence-electron chi connectivity index (χ1n) is 5.93. The minimum Gasteiger partial charge on any atom is -0.312 e. The molecule has 0 saturated heterocycles. The molecule has 0 atom stereocenters. The topological polar surface area (TPSA) is 12.0 Å². The molecule has 2 aromatic rings. The predicted molar refractivity (Wildman–Crippen MR) is 73.3 cm³/mol. The molecular weight excluding hydrogens is 249 g/mol. The summed E-state index contributed by atoms with van der Waals surface area (Å²) < 4.78 is 12.9. The van der Waals surface area contributed by atoms with Gasteiger partial charge in [-0.3, -0.25) is 0 Å². The molecule has 94 valence electrons. The van der Waals surface area contributed by atoms with Gasteiger partial charge in [-0.05, 0) is 48.4 Å². The van der Waals surface area contributed by atoms with Crippen molar-refractivity contribution in [3.8, 4) is 0 Å². The van der Waals surface area contributed by atoms with E-state index in [1.54, 1.807) is 12.1 Å². The fourth-order valence-corrected chi connectivity index (χ4v) is 1.89. The smallest absolute Gasteiger partial charge is 0.123 e. The molecule has 18 heavy (non-hydrogen) atoms. The van der Waals surface area contributed by atoms with Crippen molar-refractivity contribution >= 4 is 11.6 Å². The van der Waals surface area contributed by atoms with Crippen LogP contribution < -0.4 is 5.32 Å². The van der Waals surface area contributed by atoms with Crippen LogP contribution >= 0.6 is 11.6 Å². The Morgan fingerprint density at radius 2 is 1.78 bits per heavy atom. The number of halogens is 2. The third-order valence-electron chi connectivity index (χ3n) is 2.72. The van der Waals surface area contributed by atoms with Gasteiger partial charge in [-0.1, -0.05) is 35.9 Å². The van der Waals surface area contributed by atoms with Crippen LogP contribution in [-0.4, -0.2) is 6.54 Å². The number of benzene rings is 2. The third kappa shape index (κ3) is 4.13. The molecule has 1 N–H and O–H groups in total. The summed E-state index contributed by atoms with van der Waals surface area (Å²) in [6.45, 7) is 1.62. The van der Waals surface area contributed by atoms with Crippen molar-refractivity contribution in [1.82, 2.24) is 5.32 Å². The zero-order chi connectivity index (χ0) is 12.8. The fourth-order valence-electron chi connectivity index (χ4n) is 1.76. The number of nitrogens with one attached hydrogen (secondary N) is 1. The van der Waals surface area contributed by atoms with Crippen LogP contribution in [0.1, 0.15) is 11.1 Å². The summed E-state index contributed by atoms with van der Waals surface area (Å²) >= 11 is 5.81. The van der Waals surface area contributed by atoms with Gasteiger partial charge in [0, 0.05) is 11.6 Å². The monoisotopic (exact) mass is 263 g/mol. The quantitative estimate of drug-likeness (QED) is 0.809. The number of hydrogen-bond acceptors (Lipinski definition) is 1. The standard InChI is InChI=1S/C15H15ClFN/c16-14-6-4-13(5-7-14)11-18-9-8-12-2-1-3-15(17)10-12/h1-7,10,18H,8-9,11H2. The van der Waals surface area contributed by atoms with Gasteiger partial charge in [0.25, 0.3) is 0 Å². The predicted octanol–water partition coefficient (Wildman–Crippen LogP) is 3.81. The van der Waals surface area contributed by atoms with Gasteiger partial charge in [0.1, 0.15) is 5.82 Å². The highest BCUT2D eigenvalue weighted by molar-refractivity contribution is 6.30. The summed E-state index contributed by atoms with van der Waals surface area (Å²) in [5, 5.41) is 4.07. The van der Waals surface area contributed by atoms with Gasteiger partial charge in [-0.2, -0.15) is 0 Å². The van der Waals surface area contributed by atoms with E-state index >= 15 is 0 Å². The molecule has 2 aromatic carbocycles. The van der Waals surface area contributed by atoms with E-state index in [0.29, 0.717) is 0 Å². The SMILES string of the molecule is Fc1cccc(CCNCc2ccc(Cl)cc2)c1. The Balaban J connectivity index is 1.74. The lowest BCUT2D eigenvalue weighted by molar-refractivity contribution is 0.622. The second-order valence-electron chi connectivity index (χ2n) is 4.18. The number of hydrogen-bond donors (Lipinski definition) is 1. The summed E-state index contributed by atoms with van der Waals surface area (Å²) in [7, 11) is 0. The van der Waals surface area contributed by atoms with Gasteiger partial charge < -0.3 is 5.32 Å². The zero-order valence-corrected chi connectivity index (χ0v) is 10.8. The van der Waals surface area contributed by atoms with E-state index < -0.39 is 0 Å². The summed E-state index contributed by atoms with van der Waals surface area (Å²) in [4.78, 5) is 0. The molecule has 0 aliphatic rings. The van der Waals surface area contributed by atoms with Crippen molar-refractivity contribution in [2.24, 2.45) is 0 Å². The van der Waals surface area contributed by atoms with Crippen molar-refractivity contribution in [3.63, 3.8) is 0 Å². The second kappa shape index (κ2) is 6.53. The van der Waals surface area contributed by atoms with Gasteiger partial charge in [0.05, 0.1) is 0 Å². The Morgan fingerprint density at radius 1 is 1.00 bits per heavy atom. The van der Waals surface area contributed by atoms with Crippen molar-refractivity contribution in [2.45, 2.75) is 13.0 Å². The van der Waals surface area contributed by atoms with Crippen LogP contribution in [0.2, 0.25) is 5.02 Å². The largest absolute Gasteiger partial charge is 0.312 e. The average Bonchev–Trinajstić information content (AvgIpc) is 2.37. The molecule has 0 amide bonds. The maximum Gasteiger partial charge on any atom is 0.123 e. The fraction of sp³-hybridized carbons (Fsp3) is 0.200. The molecule has 0 aromatic heterocycles. The van der Waals surface area contributed by atoms with Crippen molar-refractivity contribution in [2.75, 3.05) is 6.54 Å². The van der Waals surface area contributed by atoms with Crippen LogP contribution in [0.15, 0.2) is 48.5 Å². The first-order chi connectivity index (χ1) is 8.74. The van der Waals surface area contributed by atoms with Crippen molar-refractivity contribution in [1.29, 1.82) is 0 Å². The van der Waals surface area contributed by atoms with E-state index in [1.807, 2.05) is 30.3 Å². The minimum absolute atomic E-state index is 0.176. The van der Waals surface area contributed by atoms with Crippen LogP contribution in [-0.2, 0) is 13.0 Å². The Labute approximate surface area is 112 Å². The van der Waals surface area contributed by atoms with E-state index in [2.05, 4.69) is 5.32 Å². The maximum atomic E-state index is 12.9. The molecule has 0 unspecified atom stereocenters. The molecule has 0 saturated carbocycles. The van der Waals surface area contributed by atoms with Crippen LogP contribution in [0.5, 0.6) is 0 Å². The van der Waals surface area contributed by atoms with Crippen LogP contribution in [0, 0.1) is 5.82 Å². The van der Waals surface area contributed by atoms with Crippen molar-refractivity contribution < 1.29 is 4.39 Å². The first-order valence-corrected chi connectivity index (χ1v) is 6.31. The third-order valence-corrected chi connectivity index (χ3v) is 2.97. The van der Waals surface area contributed by atoms with E-state index in [0.717, 1.165) is 30.1 Å². The van der Waals surface area contributed by atoms with E-state index in [4.69, 9.17) is 11.6 Å². The minimum atomic E-state index is -0.176. The Morgan fingerprint density at radius 3 is 2.50 bits per heavy atom. The molecule has 0 spiro atoms. The summed E-state index contributed by atoms with van der Waals surface area (Å²) in [6.07, 6.45) is 0.825. The molecule has 0 radical (unpaired) electrons. The summed E-state index contributed by atoms with van der Waals surface area (Å²) in [5.41, 5.74) is 2.21. The summed E-state index contributed by atoms with van der Waals surface area (Å²) in [5.74, 6) is -0.176. The molecular formula is C15H15ClFN. The van der Waals surface area contributed by atoms with Gasteiger partial charge in [-0.15, -0.1) is 0 Å². The molecule has 0 heterocycles. The average molecular weight is 264 g/mol. The highest BCUT2D eigenvalue weighted by atomic mass is 35.5. The van der Waals surface area contributed by atoms with Crippen molar-refractivity contribution in [3.05, 3.63) is 70.5 Å². The molecule has 0 fully saturated rings. The zero-order valence-electron chi connectivity index (χ0n) is 10.00. The molecule has 2 rings (SSSR count). The normalized spacial score (nSPS) is 10.6. The van der Waals surface area contributed by atoms with Gasteiger partial charge in [0.2, 0.25) is 0 Å². The summed E-state index contributed by atoms with van der Waals surface area (Å²) in [6, 6.07) is 14.5.